The first-order valence-corrected chi connectivity index (χ1v) is 10.0. The molecule has 0 bridgehead atoms. The van der Waals surface area contributed by atoms with E-state index in [1.165, 1.54) is 6.07 Å². The molecule has 0 radical (unpaired) electrons. The Hall–Kier alpha value is -1.87. The third kappa shape index (κ3) is 6.10. The first-order valence-electron chi connectivity index (χ1n) is 10.0. The summed E-state index contributed by atoms with van der Waals surface area (Å²) >= 11 is 0. The van der Waals surface area contributed by atoms with E-state index in [4.69, 9.17) is 0 Å². The fourth-order valence-electron chi connectivity index (χ4n) is 3.60. The van der Waals surface area contributed by atoms with Gasteiger partial charge in [0.1, 0.15) is 11.4 Å². The summed E-state index contributed by atoms with van der Waals surface area (Å²) < 4.78 is 16.8. The number of nitrogens with zero attached hydrogens (tertiary/aromatic N) is 4. The van der Waals surface area contributed by atoms with Gasteiger partial charge in [-0.05, 0) is 40.2 Å². The normalized spacial score (nSPS) is 14.3. The monoisotopic (exact) mass is 475 g/mol. The molecule has 1 saturated heterocycles. The average Bonchev–Trinajstić information content (AvgIpc) is 2.68. The lowest BCUT2D eigenvalue weighted by Gasteiger charge is -2.34. The van der Waals surface area contributed by atoms with Crippen molar-refractivity contribution in [3.05, 3.63) is 39.9 Å². The van der Waals surface area contributed by atoms with Crippen LogP contribution in [0.25, 0.3) is 10.9 Å². The maximum Gasteiger partial charge on any atom is 0.256 e. The van der Waals surface area contributed by atoms with Gasteiger partial charge in [0.25, 0.3) is 5.91 Å². The van der Waals surface area contributed by atoms with Gasteiger partial charge in [-0.1, -0.05) is 0 Å². The molecule has 2 heterocycles. The van der Waals surface area contributed by atoms with E-state index in [-0.39, 0.29) is 35.8 Å². The van der Waals surface area contributed by atoms with Gasteiger partial charge in [-0.25, -0.2) is 4.39 Å². The highest BCUT2D eigenvalue weighted by atomic mass is 35.5. The highest BCUT2D eigenvalue weighted by Crippen LogP contribution is 2.26. The summed E-state index contributed by atoms with van der Waals surface area (Å²) in [6.45, 7) is 6.83. The van der Waals surface area contributed by atoms with E-state index in [0.717, 1.165) is 26.2 Å². The number of carbonyl (C=O) groups is 1. The number of hydrogen-bond acceptors (Lipinski definition) is 5. The maximum absolute atomic E-state index is 14.9. The van der Waals surface area contributed by atoms with Crippen LogP contribution in [-0.2, 0) is 6.54 Å². The van der Waals surface area contributed by atoms with Crippen molar-refractivity contribution in [3.63, 3.8) is 0 Å². The molecule has 2 aromatic rings. The van der Waals surface area contributed by atoms with E-state index in [1.54, 1.807) is 12.3 Å². The summed E-state index contributed by atoms with van der Waals surface area (Å²) in [5.74, 6) is -0.850. The Morgan fingerprint density at radius 2 is 1.81 bits per heavy atom. The summed E-state index contributed by atoms with van der Waals surface area (Å²) in [5, 5.41) is 3.01. The first-order chi connectivity index (χ1) is 13.8. The predicted octanol–water partition coefficient (Wildman–Crippen LogP) is 2.05. The molecule has 0 atom stereocenters. The van der Waals surface area contributed by atoms with Gasteiger partial charge in [0.2, 0.25) is 5.43 Å². The van der Waals surface area contributed by atoms with Crippen LogP contribution < -0.4 is 15.6 Å². The van der Waals surface area contributed by atoms with Gasteiger partial charge >= 0.3 is 0 Å². The number of anilines is 1. The molecule has 174 valence electrons. The third-order valence-electron chi connectivity index (χ3n) is 5.42. The number of rotatable bonds is 6. The van der Waals surface area contributed by atoms with Gasteiger partial charge in [0, 0.05) is 57.4 Å². The van der Waals surface area contributed by atoms with E-state index < -0.39 is 17.2 Å². The highest BCUT2D eigenvalue weighted by Gasteiger charge is 2.21. The Balaban J connectivity index is 0.00000240. The molecule has 1 aliphatic rings. The number of amides is 1. The number of halogens is 3. The number of pyridine rings is 1. The molecule has 1 N–H and O–H groups in total. The van der Waals surface area contributed by atoms with E-state index in [9.17, 15) is 14.0 Å². The van der Waals surface area contributed by atoms with Crippen molar-refractivity contribution in [1.29, 1.82) is 0 Å². The smallest absolute Gasteiger partial charge is 0.256 e. The molecule has 1 aliphatic heterocycles. The zero-order valence-electron chi connectivity index (χ0n) is 18.5. The van der Waals surface area contributed by atoms with Crippen molar-refractivity contribution in [2.75, 3.05) is 65.3 Å². The Labute approximate surface area is 195 Å². The summed E-state index contributed by atoms with van der Waals surface area (Å²) in [6.07, 6.45) is 1.58. The molecule has 0 spiro atoms. The number of likely N-dealkylation sites (N-methyl/N-ethyl adjacent to an activating group) is 2. The van der Waals surface area contributed by atoms with Crippen LogP contribution in [0, 0.1) is 5.82 Å². The van der Waals surface area contributed by atoms with E-state index in [0.29, 0.717) is 30.8 Å². The second-order valence-corrected chi connectivity index (χ2v) is 7.83. The minimum Gasteiger partial charge on any atom is -0.367 e. The minimum absolute atomic E-state index is 0. The van der Waals surface area contributed by atoms with Gasteiger partial charge < -0.3 is 24.6 Å². The van der Waals surface area contributed by atoms with Crippen molar-refractivity contribution in [1.82, 2.24) is 19.7 Å². The molecule has 7 nitrogen and oxygen atoms in total. The number of benzene rings is 1. The van der Waals surface area contributed by atoms with Crippen molar-refractivity contribution < 1.29 is 9.18 Å². The van der Waals surface area contributed by atoms with Crippen molar-refractivity contribution in [3.8, 4) is 0 Å². The van der Waals surface area contributed by atoms with Crippen LogP contribution in [0.5, 0.6) is 0 Å². The zero-order valence-corrected chi connectivity index (χ0v) is 20.1. The SMILES string of the molecule is CCn1cc(C(=O)NCCN(C)C)c(=O)c2cc(F)c(N3CCN(C)CC3)cc21.Cl.Cl. The Kier molecular flexibility index (Phi) is 10.2. The van der Waals surface area contributed by atoms with E-state index in [1.807, 2.05) is 42.4 Å². The molecule has 3 rings (SSSR count). The lowest BCUT2D eigenvalue weighted by atomic mass is 10.1. The number of carbonyl (C=O) groups excluding carboxylic acids is 1. The summed E-state index contributed by atoms with van der Waals surface area (Å²) in [6, 6.07) is 3.03. The van der Waals surface area contributed by atoms with E-state index >= 15 is 0 Å². The third-order valence-corrected chi connectivity index (χ3v) is 5.42. The minimum atomic E-state index is -0.434. The van der Waals surface area contributed by atoms with Gasteiger partial charge in [-0.2, -0.15) is 0 Å². The largest absolute Gasteiger partial charge is 0.367 e. The summed E-state index contributed by atoms with van der Waals surface area (Å²) in [4.78, 5) is 31.7. The molecule has 1 amide bonds. The lowest BCUT2D eigenvalue weighted by molar-refractivity contribution is 0.0949. The van der Waals surface area contributed by atoms with Gasteiger partial charge in [0.05, 0.1) is 11.2 Å². The standard InChI is InChI=1S/C21H30FN5O2.2ClH/c1-5-26-14-16(21(29)23-6-7-24(2)3)20(28)15-12-17(22)19(13-18(15)26)27-10-8-25(4)9-11-27;;/h12-14H,5-11H2,1-4H3,(H,23,29);2*1H. The average molecular weight is 476 g/mol. The fraction of sp³-hybridized carbons (Fsp3) is 0.524. The second kappa shape index (κ2) is 11.7. The summed E-state index contributed by atoms with van der Waals surface area (Å²) in [5.41, 5.74) is 0.772. The van der Waals surface area contributed by atoms with Gasteiger partial charge in [0.15, 0.2) is 0 Å². The molecule has 1 aromatic heterocycles. The molecule has 31 heavy (non-hydrogen) atoms. The number of nitrogens with one attached hydrogen (secondary N) is 1. The van der Waals surface area contributed by atoms with Crippen LogP contribution in [0.2, 0.25) is 0 Å². The Bertz CT molecular complexity index is 959. The number of hydrogen-bond donors (Lipinski definition) is 1. The van der Waals surface area contributed by atoms with Crippen LogP contribution in [0.4, 0.5) is 10.1 Å². The van der Waals surface area contributed by atoms with Gasteiger partial charge in [-0.15, -0.1) is 24.8 Å². The number of fused-ring (bicyclic) bond motifs is 1. The van der Waals surface area contributed by atoms with Crippen LogP contribution >= 0.6 is 24.8 Å². The Morgan fingerprint density at radius 1 is 1.16 bits per heavy atom. The molecule has 10 heteroatoms. The quantitative estimate of drug-likeness (QED) is 0.692. The molecular formula is C21H32Cl2FN5O2. The topological polar surface area (TPSA) is 60.8 Å². The van der Waals surface area contributed by atoms with Crippen LogP contribution in [0.15, 0.2) is 23.1 Å². The van der Waals surface area contributed by atoms with Crippen molar-refractivity contribution in [2.24, 2.45) is 0 Å². The number of aromatic nitrogens is 1. The Morgan fingerprint density at radius 3 is 2.39 bits per heavy atom. The molecule has 0 aliphatic carbocycles. The van der Waals surface area contributed by atoms with Crippen LogP contribution in [0.3, 0.4) is 0 Å². The fourth-order valence-corrected chi connectivity index (χ4v) is 3.60. The molecule has 1 fully saturated rings. The molecular weight excluding hydrogens is 444 g/mol. The predicted molar refractivity (Wildman–Crippen MR) is 129 cm³/mol. The zero-order chi connectivity index (χ0) is 21.1. The molecule has 0 unspecified atom stereocenters. The lowest BCUT2D eigenvalue weighted by Crippen LogP contribution is -2.44. The van der Waals surface area contributed by atoms with Crippen LogP contribution in [-0.4, -0.2) is 80.7 Å². The highest BCUT2D eigenvalue weighted by molar-refractivity contribution is 5.97. The van der Waals surface area contributed by atoms with E-state index in [2.05, 4.69) is 10.2 Å². The first kappa shape index (κ1) is 27.2. The van der Waals surface area contributed by atoms with Gasteiger partial charge in [-0.3, -0.25) is 9.59 Å². The number of piperazine rings is 1. The summed E-state index contributed by atoms with van der Waals surface area (Å²) in [7, 11) is 5.87. The maximum atomic E-state index is 14.9. The second-order valence-electron chi connectivity index (χ2n) is 7.83. The number of aryl methyl sites for hydroxylation is 1. The molecule has 1 aromatic carbocycles. The van der Waals surface area contributed by atoms with Crippen molar-refractivity contribution in [2.45, 2.75) is 13.5 Å². The van der Waals surface area contributed by atoms with Crippen LogP contribution in [0.1, 0.15) is 17.3 Å². The molecule has 0 saturated carbocycles. The van der Waals surface area contributed by atoms with Crippen molar-refractivity contribution >= 4 is 47.3 Å².